The largest absolute Gasteiger partial charge is 0.416 e. The summed E-state index contributed by atoms with van der Waals surface area (Å²) >= 11 is 1.21. The Bertz CT molecular complexity index is 1530. The summed E-state index contributed by atoms with van der Waals surface area (Å²) in [6, 6.07) is 9.37. The summed E-state index contributed by atoms with van der Waals surface area (Å²) in [7, 11) is 1.45. The molecule has 0 unspecified atom stereocenters. The zero-order valence-corrected chi connectivity index (χ0v) is 20.5. The fourth-order valence-corrected chi connectivity index (χ4v) is 4.84. The van der Waals surface area contributed by atoms with Crippen molar-refractivity contribution >= 4 is 33.8 Å². The number of anilines is 1. The van der Waals surface area contributed by atoms with Crippen molar-refractivity contribution in [1.29, 1.82) is 0 Å². The zero-order valence-electron chi connectivity index (χ0n) is 19.7. The highest BCUT2D eigenvalue weighted by atomic mass is 32.1. The highest BCUT2D eigenvalue weighted by molar-refractivity contribution is 7.11. The van der Waals surface area contributed by atoms with Crippen LogP contribution in [-0.2, 0) is 24.5 Å². The van der Waals surface area contributed by atoms with Gasteiger partial charge in [-0.2, -0.15) is 13.2 Å². The molecule has 4 aromatic rings. The van der Waals surface area contributed by atoms with E-state index >= 15 is 0 Å². The van der Waals surface area contributed by atoms with Gasteiger partial charge in [0.05, 0.1) is 35.5 Å². The number of hydrogen-bond donors (Lipinski definition) is 1. The molecular weight excluding hydrogens is 507 g/mol. The maximum Gasteiger partial charge on any atom is 0.416 e. The van der Waals surface area contributed by atoms with Gasteiger partial charge in [0.1, 0.15) is 11.3 Å². The third-order valence-corrected chi connectivity index (χ3v) is 6.93. The van der Waals surface area contributed by atoms with Gasteiger partial charge in [-0.05, 0) is 24.3 Å². The minimum atomic E-state index is -4.54. The van der Waals surface area contributed by atoms with E-state index < -0.39 is 23.2 Å². The van der Waals surface area contributed by atoms with Gasteiger partial charge in [-0.25, -0.2) is 9.97 Å². The molecule has 0 bridgehead atoms. The van der Waals surface area contributed by atoms with Crippen molar-refractivity contribution in [2.75, 3.05) is 31.6 Å². The van der Waals surface area contributed by atoms with Gasteiger partial charge in [0.25, 0.3) is 11.5 Å². The minimum Gasteiger partial charge on any atom is -0.379 e. The average Bonchev–Trinajstić information content (AvgIpc) is 3.35. The number of nitrogens with zero attached hydrogens (tertiary/aromatic N) is 4. The SMILES string of the molecule is Cn1c(-c2cccc(C(F)(F)F)c2)nc2c(NC(=O)c3nc(CN4CCOCC4)cs3)cccc2c1=O. The molecule has 1 saturated heterocycles. The molecule has 0 aliphatic carbocycles. The maximum atomic E-state index is 13.3. The lowest BCUT2D eigenvalue weighted by molar-refractivity contribution is -0.137. The van der Waals surface area contributed by atoms with Crippen molar-refractivity contribution in [3.63, 3.8) is 0 Å². The topological polar surface area (TPSA) is 89.3 Å². The van der Waals surface area contributed by atoms with Crippen LogP contribution in [0.3, 0.4) is 0 Å². The molecule has 3 heterocycles. The Hall–Kier alpha value is -3.61. The summed E-state index contributed by atoms with van der Waals surface area (Å²) in [5, 5.41) is 5.07. The zero-order chi connectivity index (χ0) is 26.2. The molecular formula is C25H22F3N5O3S. The molecule has 0 saturated carbocycles. The van der Waals surface area contributed by atoms with Crippen molar-refractivity contribution in [2.45, 2.75) is 12.7 Å². The number of hydrogen-bond acceptors (Lipinski definition) is 7. The number of halogens is 3. The molecule has 0 atom stereocenters. The molecule has 5 rings (SSSR count). The Morgan fingerprint density at radius 3 is 2.65 bits per heavy atom. The molecule has 1 N–H and O–H groups in total. The number of nitrogens with one attached hydrogen (secondary N) is 1. The van der Waals surface area contributed by atoms with Gasteiger partial charge < -0.3 is 10.1 Å². The van der Waals surface area contributed by atoms with Crippen LogP contribution in [0.2, 0.25) is 0 Å². The van der Waals surface area contributed by atoms with Crippen LogP contribution in [0.5, 0.6) is 0 Å². The maximum absolute atomic E-state index is 13.3. The van der Waals surface area contributed by atoms with Crippen LogP contribution >= 0.6 is 11.3 Å². The van der Waals surface area contributed by atoms with Gasteiger partial charge in [-0.15, -0.1) is 11.3 Å². The molecule has 8 nitrogen and oxygen atoms in total. The van der Waals surface area contributed by atoms with E-state index in [1.807, 2.05) is 5.38 Å². The van der Waals surface area contributed by atoms with Crippen LogP contribution < -0.4 is 10.9 Å². The summed E-state index contributed by atoms with van der Waals surface area (Å²) in [6.45, 7) is 3.52. The van der Waals surface area contributed by atoms with Crippen LogP contribution in [0.25, 0.3) is 22.3 Å². The number of carbonyl (C=O) groups is 1. The van der Waals surface area contributed by atoms with E-state index in [4.69, 9.17) is 4.74 Å². The number of alkyl halides is 3. The molecule has 12 heteroatoms. The van der Waals surface area contributed by atoms with E-state index in [0.29, 0.717) is 19.8 Å². The molecule has 1 fully saturated rings. The van der Waals surface area contributed by atoms with Crippen molar-refractivity contribution in [2.24, 2.45) is 7.05 Å². The number of aromatic nitrogens is 3. The van der Waals surface area contributed by atoms with E-state index in [1.54, 1.807) is 18.2 Å². The highest BCUT2D eigenvalue weighted by Gasteiger charge is 2.31. The predicted octanol–water partition coefficient (Wildman–Crippen LogP) is 4.16. The van der Waals surface area contributed by atoms with Crippen LogP contribution in [0.15, 0.2) is 52.6 Å². The van der Waals surface area contributed by atoms with Crippen molar-refractivity contribution in [3.05, 3.63) is 74.5 Å². The van der Waals surface area contributed by atoms with Gasteiger partial charge in [-0.1, -0.05) is 18.2 Å². The van der Waals surface area contributed by atoms with Crippen LogP contribution in [0.1, 0.15) is 21.1 Å². The van der Waals surface area contributed by atoms with Gasteiger partial charge in [-0.3, -0.25) is 19.1 Å². The summed E-state index contributed by atoms with van der Waals surface area (Å²) in [6.07, 6.45) is -4.54. The first-order valence-corrected chi connectivity index (χ1v) is 12.3. The summed E-state index contributed by atoms with van der Waals surface area (Å²) in [4.78, 5) is 37.2. The second-order valence-corrected chi connectivity index (χ2v) is 9.42. The van der Waals surface area contributed by atoms with Crippen LogP contribution in [0, 0.1) is 0 Å². The number of ether oxygens (including phenoxy) is 1. The first kappa shape index (κ1) is 25.1. The summed E-state index contributed by atoms with van der Waals surface area (Å²) < 4.78 is 46.4. The average molecular weight is 530 g/mol. The number of rotatable bonds is 5. The fraction of sp³-hybridized carbons (Fsp3) is 0.280. The normalized spacial score (nSPS) is 14.7. The second-order valence-electron chi connectivity index (χ2n) is 8.57. The van der Waals surface area contributed by atoms with Gasteiger partial charge in [0.15, 0.2) is 5.01 Å². The monoisotopic (exact) mass is 529 g/mol. The number of morpholine rings is 1. The Balaban J connectivity index is 1.46. The number of amides is 1. The predicted molar refractivity (Wildman–Crippen MR) is 134 cm³/mol. The van der Waals surface area contributed by atoms with Crippen molar-refractivity contribution in [1.82, 2.24) is 19.4 Å². The molecule has 0 radical (unpaired) electrons. The standard InChI is InChI=1S/C25H22F3N5O3S/c1-32-21(15-4-2-5-16(12-15)25(26,27)28)31-20-18(24(32)35)6-3-7-19(20)30-22(34)23-29-17(14-37-23)13-33-8-10-36-11-9-33/h2-7,12,14H,8-11,13H2,1H3,(H,30,34). The van der Waals surface area contributed by atoms with E-state index in [9.17, 15) is 22.8 Å². The Kier molecular flexibility index (Phi) is 6.80. The van der Waals surface area contributed by atoms with E-state index in [1.165, 1.54) is 35.1 Å². The van der Waals surface area contributed by atoms with Crippen LogP contribution in [0.4, 0.5) is 18.9 Å². The third kappa shape index (κ3) is 5.26. The van der Waals surface area contributed by atoms with Crippen molar-refractivity contribution in [3.8, 4) is 11.4 Å². The molecule has 1 aliphatic rings. The lowest BCUT2D eigenvalue weighted by atomic mass is 10.1. The van der Waals surface area contributed by atoms with Crippen LogP contribution in [-0.4, -0.2) is 51.6 Å². The molecule has 1 amide bonds. The van der Waals surface area contributed by atoms with Gasteiger partial charge in [0.2, 0.25) is 0 Å². The first-order valence-electron chi connectivity index (χ1n) is 11.4. The molecule has 2 aromatic carbocycles. The summed E-state index contributed by atoms with van der Waals surface area (Å²) in [5.41, 5.74) is 0.0434. The highest BCUT2D eigenvalue weighted by Crippen LogP contribution is 2.32. The number of para-hydroxylation sites is 1. The van der Waals surface area contributed by atoms with E-state index in [0.717, 1.165) is 30.9 Å². The Labute approximate surface area is 213 Å². The number of carbonyl (C=O) groups excluding carboxylic acids is 1. The molecule has 0 spiro atoms. The molecule has 37 heavy (non-hydrogen) atoms. The number of thiazole rings is 1. The molecule has 192 valence electrons. The first-order chi connectivity index (χ1) is 17.7. The number of benzene rings is 2. The summed E-state index contributed by atoms with van der Waals surface area (Å²) in [5.74, 6) is -0.416. The van der Waals surface area contributed by atoms with E-state index in [-0.39, 0.29) is 33.0 Å². The third-order valence-electron chi connectivity index (χ3n) is 6.04. The van der Waals surface area contributed by atoms with Gasteiger partial charge >= 0.3 is 6.18 Å². The number of fused-ring (bicyclic) bond motifs is 1. The molecule has 1 aliphatic heterocycles. The smallest absolute Gasteiger partial charge is 0.379 e. The quantitative estimate of drug-likeness (QED) is 0.418. The van der Waals surface area contributed by atoms with E-state index in [2.05, 4.69) is 20.2 Å². The van der Waals surface area contributed by atoms with Crippen molar-refractivity contribution < 1.29 is 22.7 Å². The lowest BCUT2D eigenvalue weighted by Crippen LogP contribution is -2.35. The second kappa shape index (κ2) is 10.0. The Morgan fingerprint density at radius 2 is 1.89 bits per heavy atom. The van der Waals surface area contributed by atoms with Gasteiger partial charge in [0, 0.05) is 37.6 Å². The minimum absolute atomic E-state index is 0.0485. The molecule has 2 aromatic heterocycles. The Morgan fingerprint density at radius 1 is 1.14 bits per heavy atom. The fourth-order valence-electron chi connectivity index (χ4n) is 4.14. The lowest BCUT2D eigenvalue weighted by Gasteiger charge is -2.25.